The quantitative estimate of drug-likeness (QED) is 0.838. The summed E-state index contributed by atoms with van der Waals surface area (Å²) in [5.74, 6) is 0.385. The van der Waals surface area contributed by atoms with E-state index in [9.17, 15) is 4.79 Å². The Morgan fingerprint density at radius 2 is 2.28 bits per heavy atom. The lowest BCUT2D eigenvalue weighted by molar-refractivity contribution is -0.126. The van der Waals surface area contributed by atoms with E-state index in [1.165, 1.54) is 5.56 Å². The van der Waals surface area contributed by atoms with Gasteiger partial charge in [-0.3, -0.25) is 9.78 Å². The summed E-state index contributed by atoms with van der Waals surface area (Å²) in [6.07, 6.45) is 6.33. The van der Waals surface area contributed by atoms with Crippen molar-refractivity contribution in [2.75, 3.05) is 13.1 Å². The topological polar surface area (TPSA) is 54.0 Å². The predicted octanol–water partition coefficient (Wildman–Crippen LogP) is 1.13. The van der Waals surface area contributed by atoms with Crippen LogP contribution in [-0.4, -0.2) is 30.0 Å². The SMILES string of the molecule is CC1CC(C(=O)NCCc2ccncc2)CCN1. The Labute approximate surface area is 108 Å². The standard InChI is InChI=1S/C14H21N3O/c1-11-10-13(5-9-16-11)14(18)17-8-4-12-2-6-15-7-3-12/h2-3,6-7,11,13,16H,4-5,8-10H2,1H3,(H,17,18). The van der Waals surface area contributed by atoms with Gasteiger partial charge in [-0.1, -0.05) is 0 Å². The molecule has 1 fully saturated rings. The summed E-state index contributed by atoms with van der Waals surface area (Å²) in [5.41, 5.74) is 1.21. The number of hydrogen-bond acceptors (Lipinski definition) is 3. The van der Waals surface area contributed by atoms with E-state index in [0.29, 0.717) is 12.6 Å². The molecule has 0 saturated carbocycles. The third-order valence-electron chi connectivity index (χ3n) is 3.46. The Balaban J connectivity index is 1.71. The molecule has 98 valence electrons. The van der Waals surface area contributed by atoms with Gasteiger partial charge in [-0.2, -0.15) is 0 Å². The fraction of sp³-hybridized carbons (Fsp3) is 0.571. The van der Waals surface area contributed by atoms with Gasteiger partial charge < -0.3 is 10.6 Å². The molecule has 4 heteroatoms. The average Bonchev–Trinajstić information content (AvgIpc) is 2.40. The fourth-order valence-corrected chi connectivity index (χ4v) is 2.39. The number of aromatic nitrogens is 1. The van der Waals surface area contributed by atoms with Crippen molar-refractivity contribution in [3.63, 3.8) is 0 Å². The Bertz CT molecular complexity index is 380. The lowest BCUT2D eigenvalue weighted by Gasteiger charge is -2.27. The molecule has 0 radical (unpaired) electrons. The number of carbonyl (C=O) groups excluding carboxylic acids is 1. The second-order valence-corrected chi connectivity index (χ2v) is 4.97. The highest BCUT2D eigenvalue weighted by Gasteiger charge is 2.24. The van der Waals surface area contributed by atoms with Crippen molar-refractivity contribution in [2.24, 2.45) is 5.92 Å². The summed E-state index contributed by atoms with van der Waals surface area (Å²) >= 11 is 0. The van der Waals surface area contributed by atoms with Crippen molar-refractivity contribution in [1.29, 1.82) is 0 Å². The average molecular weight is 247 g/mol. The van der Waals surface area contributed by atoms with Crippen molar-refractivity contribution in [2.45, 2.75) is 32.2 Å². The minimum Gasteiger partial charge on any atom is -0.356 e. The largest absolute Gasteiger partial charge is 0.356 e. The van der Waals surface area contributed by atoms with Crippen LogP contribution in [0.4, 0.5) is 0 Å². The van der Waals surface area contributed by atoms with Crippen LogP contribution in [0, 0.1) is 5.92 Å². The van der Waals surface area contributed by atoms with Crippen LogP contribution in [0.15, 0.2) is 24.5 Å². The summed E-state index contributed by atoms with van der Waals surface area (Å²) in [7, 11) is 0. The highest BCUT2D eigenvalue weighted by molar-refractivity contribution is 5.78. The minimum atomic E-state index is 0.179. The number of nitrogens with zero attached hydrogens (tertiary/aromatic N) is 1. The second kappa shape index (κ2) is 6.50. The fourth-order valence-electron chi connectivity index (χ4n) is 2.39. The lowest BCUT2D eigenvalue weighted by Crippen LogP contribution is -2.42. The summed E-state index contributed by atoms with van der Waals surface area (Å²) in [6, 6.07) is 4.42. The van der Waals surface area contributed by atoms with Gasteiger partial charge in [0.05, 0.1) is 0 Å². The molecule has 1 amide bonds. The van der Waals surface area contributed by atoms with Gasteiger partial charge in [0.15, 0.2) is 0 Å². The molecule has 2 heterocycles. The summed E-state index contributed by atoms with van der Waals surface area (Å²) in [5, 5.41) is 6.40. The third kappa shape index (κ3) is 3.81. The van der Waals surface area contributed by atoms with Gasteiger partial charge in [-0.25, -0.2) is 0 Å². The van der Waals surface area contributed by atoms with Crippen molar-refractivity contribution in [1.82, 2.24) is 15.6 Å². The van der Waals surface area contributed by atoms with E-state index < -0.39 is 0 Å². The monoisotopic (exact) mass is 247 g/mol. The van der Waals surface area contributed by atoms with E-state index in [4.69, 9.17) is 0 Å². The van der Waals surface area contributed by atoms with Crippen molar-refractivity contribution >= 4 is 5.91 Å². The maximum atomic E-state index is 12.0. The number of hydrogen-bond donors (Lipinski definition) is 2. The van der Waals surface area contributed by atoms with E-state index in [1.54, 1.807) is 12.4 Å². The summed E-state index contributed by atoms with van der Waals surface area (Å²) in [4.78, 5) is 16.0. The number of pyridine rings is 1. The maximum Gasteiger partial charge on any atom is 0.223 e. The highest BCUT2D eigenvalue weighted by Crippen LogP contribution is 2.15. The number of rotatable bonds is 4. The lowest BCUT2D eigenvalue weighted by atomic mass is 9.92. The summed E-state index contributed by atoms with van der Waals surface area (Å²) < 4.78 is 0. The molecule has 0 spiro atoms. The molecule has 1 aliphatic rings. The molecule has 0 aliphatic carbocycles. The van der Waals surface area contributed by atoms with E-state index in [-0.39, 0.29) is 11.8 Å². The number of nitrogens with one attached hydrogen (secondary N) is 2. The van der Waals surface area contributed by atoms with E-state index >= 15 is 0 Å². The maximum absolute atomic E-state index is 12.0. The second-order valence-electron chi connectivity index (χ2n) is 4.97. The molecule has 1 aromatic rings. The number of carbonyl (C=O) groups is 1. The van der Waals surface area contributed by atoms with E-state index in [2.05, 4.69) is 22.5 Å². The zero-order valence-corrected chi connectivity index (χ0v) is 10.9. The van der Waals surface area contributed by atoms with Gasteiger partial charge in [0, 0.05) is 30.9 Å². The Morgan fingerprint density at radius 3 is 3.00 bits per heavy atom. The molecule has 1 aromatic heterocycles. The van der Waals surface area contributed by atoms with Crippen LogP contribution >= 0.6 is 0 Å². The molecule has 2 atom stereocenters. The Kier molecular flexibility index (Phi) is 4.70. The normalized spacial score (nSPS) is 23.6. The first-order valence-electron chi connectivity index (χ1n) is 6.65. The zero-order valence-electron chi connectivity index (χ0n) is 10.9. The summed E-state index contributed by atoms with van der Waals surface area (Å²) in [6.45, 7) is 3.79. The molecule has 2 N–H and O–H groups in total. The number of amides is 1. The van der Waals surface area contributed by atoms with E-state index in [1.807, 2.05) is 12.1 Å². The van der Waals surface area contributed by atoms with Gasteiger partial charge in [-0.15, -0.1) is 0 Å². The van der Waals surface area contributed by atoms with Crippen molar-refractivity contribution in [3.8, 4) is 0 Å². The predicted molar refractivity (Wildman–Crippen MR) is 71.1 cm³/mol. The zero-order chi connectivity index (χ0) is 12.8. The molecule has 0 aromatic carbocycles. The van der Waals surface area contributed by atoms with Crippen LogP contribution in [-0.2, 0) is 11.2 Å². The van der Waals surface area contributed by atoms with Gasteiger partial charge in [0.1, 0.15) is 0 Å². The first kappa shape index (κ1) is 13.0. The number of piperidine rings is 1. The van der Waals surface area contributed by atoms with Crippen LogP contribution in [0.3, 0.4) is 0 Å². The molecular weight excluding hydrogens is 226 g/mol. The van der Waals surface area contributed by atoms with Crippen LogP contribution in [0.1, 0.15) is 25.3 Å². The van der Waals surface area contributed by atoms with Crippen LogP contribution in [0.2, 0.25) is 0 Å². The first-order valence-corrected chi connectivity index (χ1v) is 6.65. The molecule has 1 saturated heterocycles. The first-order chi connectivity index (χ1) is 8.75. The minimum absolute atomic E-state index is 0.179. The molecule has 18 heavy (non-hydrogen) atoms. The Morgan fingerprint density at radius 1 is 1.50 bits per heavy atom. The van der Waals surface area contributed by atoms with Crippen LogP contribution < -0.4 is 10.6 Å². The molecule has 2 unspecified atom stereocenters. The highest BCUT2D eigenvalue weighted by atomic mass is 16.1. The Hall–Kier alpha value is -1.42. The van der Waals surface area contributed by atoms with Crippen LogP contribution in [0.5, 0.6) is 0 Å². The van der Waals surface area contributed by atoms with Crippen molar-refractivity contribution in [3.05, 3.63) is 30.1 Å². The van der Waals surface area contributed by atoms with Gasteiger partial charge >= 0.3 is 0 Å². The van der Waals surface area contributed by atoms with Gasteiger partial charge in [0.25, 0.3) is 0 Å². The molecule has 0 bridgehead atoms. The van der Waals surface area contributed by atoms with Gasteiger partial charge in [-0.05, 0) is 50.4 Å². The third-order valence-corrected chi connectivity index (χ3v) is 3.46. The molecule has 4 nitrogen and oxygen atoms in total. The van der Waals surface area contributed by atoms with Crippen LogP contribution in [0.25, 0.3) is 0 Å². The van der Waals surface area contributed by atoms with Crippen molar-refractivity contribution < 1.29 is 4.79 Å². The smallest absolute Gasteiger partial charge is 0.223 e. The molecule has 1 aliphatic heterocycles. The van der Waals surface area contributed by atoms with E-state index in [0.717, 1.165) is 25.8 Å². The molecular formula is C14H21N3O. The molecule has 2 rings (SSSR count). The van der Waals surface area contributed by atoms with Gasteiger partial charge in [0.2, 0.25) is 5.91 Å².